The highest BCUT2D eigenvalue weighted by Crippen LogP contribution is 2.02. The molecule has 1 atom stereocenters. The van der Waals surface area contributed by atoms with E-state index in [9.17, 15) is 0 Å². The predicted molar refractivity (Wildman–Crippen MR) is 37.2 cm³/mol. The van der Waals surface area contributed by atoms with E-state index in [2.05, 4.69) is 11.7 Å². The molecule has 0 heterocycles. The summed E-state index contributed by atoms with van der Waals surface area (Å²) in [5.74, 6) is 0. The summed E-state index contributed by atoms with van der Waals surface area (Å²) in [6.07, 6.45) is 3.66. The molecule has 0 unspecified atom stereocenters. The second-order valence-corrected chi connectivity index (χ2v) is 2.19. The number of aliphatic hydroxyl groups is 1. The Morgan fingerprint density at radius 2 is 2.11 bits per heavy atom. The number of unbranched alkanes of at least 4 members (excludes halogenated alkanes) is 2. The Labute approximate surface area is 56.8 Å². The van der Waals surface area contributed by atoms with Crippen molar-refractivity contribution in [2.24, 2.45) is 0 Å². The van der Waals surface area contributed by atoms with Crippen LogP contribution in [0.4, 0.5) is 0 Å². The Kier molecular flexibility index (Phi) is 5.99. The van der Waals surface area contributed by atoms with Crippen LogP contribution >= 0.6 is 0 Å². The summed E-state index contributed by atoms with van der Waals surface area (Å²) in [5.41, 5.74) is 0. The minimum atomic E-state index is -0.545. The lowest BCUT2D eigenvalue weighted by Crippen LogP contribution is -2.07. The first kappa shape index (κ1) is 8.92. The first-order valence-electron chi connectivity index (χ1n) is 3.52. The minimum Gasteiger partial charge on any atom is -0.368 e. The Balaban J connectivity index is 2.88. The number of methoxy groups -OCH3 is 1. The van der Waals surface area contributed by atoms with Crippen LogP contribution in [0.5, 0.6) is 0 Å². The molecule has 0 saturated carbocycles. The Morgan fingerprint density at radius 1 is 1.44 bits per heavy atom. The Bertz CT molecular complexity index is 54.9. The third-order valence-electron chi connectivity index (χ3n) is 1.33. The van der Waals surface area contributed by atoms with Gasteiger partial charge in [0.2, 0.25) is 0 Å². The maximum Gasteiger partial charge on any atom is 0.154 e. The molecule has 0 radical (unpaired) electrons. The molecule has 1 N–H and O–H groups in total. The lowest BCUT2D eigenvalue weighted by Gasteiger charge is -2.05. The molecule has 0 amide bonds. The molecule has 0 rings (SSSR count). The zero-order valence-corrected chi connectivity index (χ0v) is 6.26. The lowest BCUT2D eigenvalue weighted by molar-refractivity contribution is -0.0792. The van der Waals surface area contributed by atoms with Crippen LogP contribution in [0, 0.1) is 0 Å². The summed E-state index contributed by atoms with van der Waals surface area (Å²) < 4.78 is 4.65. The molecule has 0 aliphatic rings. The van der Waals surface area contributed by atoms with Gasteiger partial charge in [0.05, 0.1) is 0 Å². The van der Waals surface area contributed by atoms with Gasteiger partial charge in [-0.3, -0.25) is 0 Å². The summed E-state index contributed by atoms with van der Waals surface area (Å²) in [6.45, 7) is 2.14. The van der Waals surface area contributed by atoms with Gasteiger partial charge in [-0.15, -0.1) is 0 Å². The lowest BCUT2D eigenvalue weighted by atomic mass is 10.2. The molecule has 56 valence electrons. The molecule has 2 heteroatoms. The summed E-state index contributed by atoms with van der Waals surface area (Å²) in [7, 11) is 1.52. The minimum absolute atomic E-state index is 0.545. The molecule has 0 aromatic rings. The van der Waals surface area contributed by atoms with Crippen LogP contribution in [0.3, 0.4) is 0 Å². The van der Waals surface area contributed by atoms with Crippen molar-refractivity contribution in [3.05, 3.63) is 0 Å². The van der Waals surface area contributed by atoms with Gasteiger partial charge in [-0.2, -0.15) is 0 Å². The number of aliphatic hydroxyl groups excluding tert-OH is 1. The standard InChI is InChI=1S/C7H16O2/c1-3-4-5-6-7(8)9-2/h7-8H,3-6H2,1-2H3/t7-/m1/s1. The van der Waals surface area contributed by atoms with Crippen LogP contribution in [-0.4, -0.2) is 18.5 Å². The van der Waals surface area contributed by atoms with Crippen LogP contribution in [0.2, 0.25) is 0 Å². The second-order valence-electron chi connectivity index (χ2n) is 2.19. The molecular weight excluding hydrogens is 116 g/mol. The van der Waals surface area contributed by atoms with E-state index in [0.717, 1.165) is 12.8 Å². The summed E-state index contributed by atoms with van der Waals surface area (Å²) in [6, 6.07) is 0. The van der Waals surface area contributed by atoms with Gasteiger partial charge in [0, 0.05) is 7.11 Å². The van der Waals surface area contributed by atoms with Gasteiger partial charge in [0.15, 0.2) is 6.29 Å². The monoisotopic (exact) mass is 132 g/mol. The molecule has 0 aromatic carbocycles. The summed E-state index contributed by atoms with van der Waals surface area (Å²) in [5, 5.41) is 8.86. The van der Waals surface area contributed by atoms with Gasteiger partial charge in [0.1, 0.15) is 0 Å². The highest BCUT2D eigenvalue weighted by atomic mass is 16.6. The fourth-order valence-corrected chi connectivity index (χ4v) is 0.687. The topological polar surface area (TPSA) is 29.5 Å². The number of hydrogen-bond donors (Lipinski definition) is 1. The van der Waals surface area contributed by atoms with Gasteiger partial charge in [-0.1, -0.05) is 19.8 Å². The quantitative estimate of drug-likeness (QED) is 0.454. The van der Waals surface area contributed by atoms with E-state index >= 15 is 0 Å². The van der Waals surface area contributed by atoms with Crippen molar-refractivity contribution >= 4 is 0 Å². The molecule has 0 aliphatic heterocycles. The van der Waals surface area contributed by atoms with Crippen molar-refractivity contribution in [3.63, 3.8) is 0 Å². The van der Waals surface area contributed by atoms with Crippen molar-refractivity contribution in [3.8, 4) is 0 Å². The van der Waals surface area contributed by atoms with Crippen molar-refractivity contribution in [2.45, 2.75) is 38.9 Å². The summed E-state index contributed by atoms with van der Waals surface area (Å²) >= 11 is 0. The SMILES string of the molecule is CCCCC[C@H](O)OC. The second kappa shape index (κ2) is 6.05. The van der Waals surface area contributed by atoms with E-state index in [0.29, 0.717) is 0 Å². The predicted octanol–water partition coefficient (Wildman–Crippen LogP) is 1.53. The molecule has 0 spiro atoms. The first-order valence-corrected chi connectivity index (χ1v) is 3.52. The van der Waals surface area contributed by atoms with Gasteiger partial charge in [-0.25, -0.2) is 0 Å². The molecule has 0 fully saturated rings. The third-order valence-corrected chi connectivity index (χ3v) is 1.33. The van der Waals surface area contributed by atoms with E-state index in [1.807, 2.05) is 0 Å². The van der Waals surface area contributed by atoms with Crippen LogP contribution in [0.15, 0.2) is 0 Å². The van der Waals surface area contributed by atoms with Gasteiger partial charge in [0.25, 0.3) is 0 Å². The smallest absolute Gasteiger partial charge is 0.154 e. The van der Waals surface area contributed by atoms with Crippen LogP contribution in [0.1, 0.15) is 32.6 Å². The fourth-order valence-electron chi connectivity index (χ4n) is 0.687. The van der Waals surface area contributed by atoms with Crippen LogP contribution in [0.25, 0.3) is 0 Å². The van der Waals surface area contributed by atoms with Gasteiger partial charge in [-0.05, 0) is 12.8 Å². The third kappa shape index (κ3) is 5.80. The maximum atomic E-state index is 8.86. The molecule has 9 heavy (non-hydrogen) atoms. The van der Waals surface area contributed by atoms with E-state index in [1.54, 1.807) is 0 Å². The average Bonchev–Trinajstić information content (AvgIpc) is 1.89. The van der Waals surface area contributed by atoms with Crippen LogP contribution < -0.4 is 0 Å². The fraction of sp³-hybridized carbons (Fsp3) is 1.00. The van der Waals surface area contributed by atoms with E-state index in [1.165, 1.54) is 20.0 Å². The number of rotatable bonds is 5. The molecule has 0 saturated heterocycles. The first-order chi connectivity index (χ1) is 4.31. The van der Waals surface area contributed by atoms with Gasteiger partial charge >= 0.3 is 0 Å². The normalized spacial score (nSPS) is 13.7. The zero-order valence-electron chi connectivity index (χ0n) is 6.26. The van der Waals surface area contributed by atoms with Crippen molar-refractivity contribution in [1.29, 1.82) is 0 Å². The maximum absolute atomic E-state index is 8.86. The van der Waals surface area contributed by atoms with Crippen molar-refractivity contribution in [2.75, 3.05) is 7.11 Å². The van der Waals surface area contributed by atoms with E-state index in [4.69, 9.17) is 5.11 Å². The number of ether oxygens (including phenoxy) is 1. The highest BCUT2D eigenvalue weighted by molar-refractivity contribution is 4.41. The molecular formula is C7H16O2. The van der Waals surface area contributed by atoms with E-state index in [-0.39, 0.29) is 0 Å². The highest BCUT2D eigenvalue weighted by Gasteiger charge is 1.97. The van der Waals surface area contributed by atoms with Crippen molar-refractivity contribution < 1.29 is 9.84 Å². The molecule has 0 bridgehead atoms. The zero-order chi connectivity index (χ0) is 7.11. The molecule has 2 nitrogen and oxygen atoms in total. The van der Waals surface area contributed by atoms with Gasteiger partial charge < -0.3 is 9.84 Å². The Hall–Kier alpha value is -0.0800. The number of hydrogen-bond acceptors (Lipinski definition) is 2. The molecule has 0 aromatic heterocycles. The van der Waals surface area contributed by atoms with Crippen LogP contribution in [-0.2, 0) is 4.74 Å². The average molecular weight is 132 g/mol. The molecule has 0 aliphatic carbocycles. The van der Waals surface area contributed by atoms with E-state index < -0.39 is 6.29 Å². The van der Waals surface area contributed by atoms with Crippen molar-refractivity contribution in [1.82, 2.24) is 0 Å². The Morgan fingerprint density at radius 3 is 2.56 bits per heavy atom. The largest absolute Gasteiger partial charge is 0.368 e. The summed E-state index contributed by atoms with van der Waals surface area (Å²) in [4.78, 5) is 0.